The predicted octanol–water partition coefficient (Wildman–Crippen LogP) is 6.71. The Morgan fingerprint density at radius 1 is 1.21 bits per heavy atom. The zero-order valence-corrected chi connectivity index (χ0v) is 19.9. The fourth-order valence-corrected chi connectivity index (χ4v) is 6.38. The molecule has 0 amide bonds. The molecule has 34 heavy (non-hydrogen) atoms. The summed E-state index contributed by atoms with van der Waals surface area (Å²) >= 11 is 1.39. The Morgan fingerprint density at radius 3 is 2.62 bits per heavy atom. The summed E-state index contributed by atoms with van der Waals surface area (Å²) < 4.78 is 53.1. The maximum atomic E-state index is 14.0. The molecule has 0 aliphatic heterocycles. The van der Waals surface area contributed by atoms with E-state index in [2.05, 4.69) is 9.97 Å². The number of rotatable bonds is 8. The average molecular weight is 495 g/mol. The quantitative estimate of drug-likeness (QED) is 0.377. The number of hydrogen-bond donors (Lipinski definition) is 1. The molecule has 2 aromatic heterocycles. The molecule has 0 spiro atoms. The lowest BCUT2D eigenvalue weighted by Crippen LogP contribution is -2.26. The van der Waals surface area contributed by atoms with Crippen molar-refractivity contribution >= 4 is 22.4 Å². The van der Waals surface area contributed by atoms with Gasteiger partial charge in [-0.1, -0.05) is 18.9 Å². The first kappa shape index (κ1) is 23.8. The number of aryl methyl sites for hydroxylation is 1. The number of benzene rings is 1. The van der Waals surface area contributed by atoms with Gasteiger partial charge in [-0.25, -0.2) is 9.97 Å². The number of aliphatic hydroxyl groups is 1. The van der Waals surface area contributed by atoms with Crippen LogP contribution in [0.4, 0.5) is 13.2 Å². The smallest absolute Gasteiger partial charge is 0.418 e. The number of alkyl halides is 3. The summed E-state index contributed by atoms with van der Waals surface area (Å²) in [5.41, 5.74) is 0.981. The zero-order chi connectivity index (χ0) is 23.9. The van der Waals surface area contributed by atoms with Crippen LogP contribution in [0, 0.1) is 17.8 Å². The van der Waals surface area contributed by atoms with Gasteiger partial charge in [-0.05, 0) is 56.4 Å². The number of aliphatic hydroxyl groups excluding tert-OH is 1. The van der Waals surface area contributed by atoms with E-state index in [4.69, 9.17) is 9.15 Å². The SMILES string of the molecule is CC(O)COC(c1ccc(-c2nccs2)c2oc(CCC3CC4CCC(C3)C4)nc12)C(F)(F)F. The number of hydrogen-bond acceptors (Lipinski definition) is 6. The van der Waals surface area contributed by atoms with Crippen LogP contribution in [0.3, 0.4) is 0 Å². The summed E-state index contributed by atoms with van der Waals surface area (Å²) in [5, 5.41) is 12.0. The average Bonchev–Trinajstić information content (AvgIpc) is 3.51. The maximum Gasteiger partial charge on any atom is 0.418 e. The fraction of sp³-hybridized carbons (Fsp3) is 0.600. The van der Waals surface area contributed by atoms with Crippen molar-refractivity contribution in [3.8, 4) is 10.6 Å². The van der Waals surface area contributed by atoms with Gasteiger partial charge in [0.25, 0.3) is 0 Å². The maximum absolute atomic E-state index is 14.0. The van der Waals surface area contributed by atoms with Gasteiger partial charge in [0.05, 0.1) is 18.3 Å². The molecule has 2 heterocycles. The van der Waals surface area contributed by atoms with Gasteiger partial charge in [0, 0.05) is 23.6 Å². The molecule has 2 aliphatic rings. The first-order valence-electron chi connectivity index (χ1n) is 12.0. The van der Waals surface area contributed by atoms with Gasteiger partial charge in [0.1, 0.15) is 10.5 Å². The second-order valence-corrected chi connectivity index (χ2v) is 10.7. The molecule has 2 fully saturated rings. The Morgan fingerprint density at radius 2 is 1.97 bits per heavy atom. The van der Waals surface area contributed by atoms with Crippen LogP contribution in [0.25, 0.3) is 21.7 Å². The minimum Gasteiger partial charge on any atom is -0.440 e. The van der Waals surface area contributed by atoms with Gasteiger partial charge in [-0.3, -0.25) is 0 Å². The highest BCUT2D eigenvalue weighted by Crippen LogP contribution is 2.46. The van der Waals surface area contributed by atoms with Crippen LogP contribution in [0.5, 0.6) is 0 Å². The van der Waals surface area contributed by atoms with Crippen molar-refractivity contribution in [2.24, 2.45) is 17.8 Å². The molecule has 0 saturated heterocycles. The third-order valence-corrected chi connectivity index (χ3v) is 7.92. The van der Waals surface area contributed by atoms with Crippen LogP contribution >= 0.6 is 11.3 Å². The van der Waals surface area contributed by atoms with E-state index in [0.29, 0.717) is 34.4 Å². The molecule has 0 radical (unpaired) electrons. The van der Waals surface area contributed by atoms with Crippen molar-refractivity contribution < 1.29 is 27.4 Å². The van der Waals surface area contributed by atoms with Crippen LogP contribution in [-0.2, 0) is 11.2 Å². The van der Waals surface area contributed by atoms with E-state index < -0.39 is 25.0 Å². The minimum absolute atomic E-state index is 0.103. The van der Waals surface area contributed by atoms with Crippen molar-refractivity contribution in [1.29, 1.82) is 0 Å². The van der Waals surface area contributed by atoms with Crippen molar-refractivity contribution in [1.82, 2.24) is 9.97 Å². The number of nitrogens with zero attached hydrogens (tertiary/aromatic N) is 2. The molecule has 1 aromatic carbocycles. The van der Waals surface area contributed by atoms with Gasteiger partial charge in [0.2, 0.25) is 0 Å². The van der Waals surface area contributed by atoms with Crippen LogP contribution < -0.4 is 0 Å². The zero-order valence-electron chi connectivity index (χ0n) is 19.1. The molecule has 9 heteroatoms. The number of oxazole rings is 1. The van der Waals surface area contributed by atoms with E-state index >= 15 is 0 Å². The lowest BCUT2D eigenvalue weighted by molar-refractivity contribution is -0.228. The number of thiazole rings is 1. The number of fused-ring (bicyclic) bond motifs is 3. The second-order valence-electron chi connectivity index (χ2n) is 9.85. The summed E-state index contributed by atoms with van der Waals surface area (Å²) in [7, 11) is 0. The van der Waals surface area contributed by atoms with Gasteiger partial charge in [-0.15, -0.1) is 11.3 Å². The third kappa shape index (κ3) is 5.02. The van der Waals surface area contributed by atoms with Crippen LogP contribution in [0.2, 0.25) is 0 Å². The van der Waals surface area contributed by atoms with E-state index in [1.54, 1.807) is 12.3 Å². The van der Waals surface area contributed by atoms with E-state index in [1.807, 2.05) is 5.38 Å². The topological polar surface area (TPSA) is 68.4 Å². The third-order valence-electron chi connectivity index (χ3n) is 7.12. The van der Waals surface area contributed by atoms with Crippen molar-refractivity contribution in [2.75, 3.05) is 6.61 Å². The molecule has 4 atom stereocenters. The lowest BCUT2D eigenvalue weighted by atomic mass is 9.79. The van der Waals surface area contributed by atoms with Crippen LogP contribution in [-0.4, -0.2) is 34.0 Å². The Bertz CT molecular complexity index is 1100. The normalized spacial score (nSPS) is 24.6. The van der Waals surface area contributed by atoms with Gasteiger partial charge in [-0.2, -0.15) is 13.2 Å². The van der Waals surface area contributed by atoms with Crippen molar-refractivity contribution in [3.05, 3.63) is 35.2 Å². The molecule has 2 aliphatic carbocycles. The highest BCUT2D eigenvalue weighted by atomic mass is 32.1. The highest BCUT2D eigenvalue weighted by Gasteiger charge is 2.44. The summed E-state index contributed by atoms with van der Waals surface area (Å²) in [6, 6.07) is 2.99. The Balaban J connectivity index is 1.48. The minimum atomic E-state index is -4.66. The van der Waals surface area contributed by atoms with Crippen molar-refractivity contribution in [3.63, 3.8) is 0 Å². The molecule has 5 rings (SSSR count). The number of halogens is 3. The van der Waals surface area contributed by atoms with Gasteiger partial charge >= 0.3 is 6.18 Å². The molecular weight excluding hydrogens is 465 g/mol. The van der Waals surface area contributed by atoms with E-state index in [-0.39, 0.29) is 11.1 Å². The van der Waals surface area contributed by atoms with Crippen molar-refractivity contribution in [2.45, 2.75) is 70.3 Å². The predicted molar refractivity (Wildman–Crippen MR) is 123 cm³/mol. The number of ether oxygens (including phenoxy) is 1. The fourth-order valence-electron chi connectivity index (χ4n) is 5.72. The molecular formula is C25H29F3N2O3S. The molecule has 4 unspecified atom stereocenters. The molecule has 3 aromatic rings. The summed E-state index contributed by atoms with van der Waals surface area (Å²) in [5.74, 6) is 2.73. The van der Waals surface area contributed by atoms with E-state index in [1.165, 1.54) is 56.4 Å². The standard InChI is InChI=1S/C25H29F3N2O3S/c1-14(31)13-32-23(25(26,27)28)18-5-6-19(24-29-8-9-34-24)22-21(18)30-20(33-22)7-4-17-11-15-2-3-16(10-15)12-17/h5-6,8-9,14-17,23,31H,2-4,7,10-13H2,1H3. The molecule has 184 valence electrons. The number of aromatic nitrogens is 2. The largest absolute Gasteiger partial charge is 0.440 e. The highest BCUT2D eigenvalue weighted by molar-refractivity contribution is 7.13. The summed E-state index contributed by atoms with van der Waals surface area (Å²) in [6.45, 7) is 0.953. The van der Waals surface area contributed by atoms with Gasteiger partial charge < -0.3 is 14.3 Å². The first-order valence-corrected chi connectivity index (χ1v) is 12.8. The monoisotopic (exact) mass is 494 g/mol. The summed E-state index contributed by atoms with van der Waals surface area (Å²) in [6.07, 6.45) is 1.77. The Labute approximate surface area is 200 Å². The van der Waals surface area contributed by atoms with Crippen LogP contribution in [0.1, 0.15) is 63.0 Å². The molecule has 2 bridgehead atoms. The molecule has 1 N–H and O–H groups in total. The summed E-state index contributed by atoms with van der Waals surface area (Å²) in [4.78, 5) is 8.87. The molecule has 2 saturated carbocycles. The second kappa shape index (κ2) is 9.59. The lowest BCUT2D eigenvalue weighted by Gasteiger charge is -2.27. The van der Waals surface area contributed by atoms with Crippen LogP contribution in [0.15, 0.2) is 28.1 Å². The molecule has 5 nitrogen and oxygen atoms in total. The Hall–Kier alpha value is -1.97. The first-order chi connectivity index (χ1) is 16.3. The van der Waals surface area contributed by atoms with E-state index in [9.17, 15) is 18.3 Å². The van der Waals surface area contributed by atoms with E-state index in [0.717, 1.165) is 18.3 Å². The Kier molecular flexibility index (Phi) is 6.70. The van der Waals surface area contributed by atoms with Gasteiger partial charge in [0.15, 0.2) is 17.6 Å².